The largest absolute Gasteiger partial charge is 0.504 e. The number of carboxylic acids is 1. The van der Waals surface area contributed by atoms with Gasteiger partial charge in [-0.15, -0.1) is 0 Å². The van der Waals surface area contributed by atoms with Gasteiger partial charge in [-0.25, -0.2) is 4.79 Å². The molecule has 0 saturated carbocycles. The number of phenolic OH excluding ortho intramolecular Hbond substituents is 1. The van der Waals surface area contributed by atoms with E-state index in [4.69, 9.17) is 25.7 Å². The van der Waals surface area contributed by atoms with Gasteiger partial charge in [0.1, 0.15) is 18.1 Å². The zero-order valence-electron chi connectivity index (χ0n) is 34.9. The van der Waals surface area contributed by atoms with Crippen LogP contribution in [0, 0.1) is 0 Å². The molecular weight excluding hydrogens is 793 g/mol. The van der Waals surface area contributed by atoms with E-state index >= 15 is 0 Å². The number of nitrogens with one attached hydrogen (secondary N) is 3. The SMILES string of the molecule is COc1cc(/C=C/C(=O)CC(=O)/C=C/c2ccc(OCC(=O)NCCCC[C@H](N)C(=O)N3CCCC3C(=O)N[C@@H](C)C(=O)N[C@@H](CCCCN)C(=O)O)c(OC)c2)ccc1O. The number of ether oxygens (including phenoxy) is 3. The van der Waals surface area contributed by atoms with Crippen LogP contribution in [0.3, 0.4) is 0 Å². The van der Waals surface area contributed by atoms with Crippen molar-refractivity contribution in [1.82, 2.24) is 20.9 Å². The molecule has 4 atom stereocenters. The van der Waals surface area contributed by atoms with Crippen molar-refractivity contribution < 1.29 is 58.0 Å². The van der Waals surface area contributed by atoms with Gasteiger partial charge in [-0.3, -0.25) is 28.8 Å². The molecule has 9 N–H and O–H groups in total. The van der Waals surface area contributed by atoms with Crippen molar-refractivity contribution in [2.75, 3.05) is 40.5 Å². The first-order chi connectivity index (χ1) is 29.2. The van der Waals surface area contributed by atoms with E-state index in [9.17, 15) is 43.8 Å². The van der Waals surface area contributed by atoms with Gasteiger partial charge < -0.3 is 56.7 Å². The predicted octanol–water partition coefficient (Wildman–Crippen LogP) is 1.85. The minimum atomic E-state index is -1.18. The lowest BCUT2D eigenvalue weighted by molar-refractivity contribution is -0.143. The van der Waals surface area contributed by atoms with Gasteiger partial charge >= 0.3 is 5.97 Å². The third kappa shape index (κ3) is 16.4. The number of rotatable bonds is 26. The predicted molar refractivity (Wildman–Crippen MR) is 225 cm³/mol. The molecule has 1 heterocycles. The first-order valence-corrected chi connectivity index (χ1v) is 20.1. The van der Waals surface area contributed by atoms with E-state index in [2.05, 4.69) is 16.0 Å². The highest BCUT2D eigenvalue weighted by atomic mass is 16.5. The number of ketones is 2. The van der Waals surface area contributed by atoms with Crippen LogP contribution in [0.1, 0.15) is 75.8 Å². The number of phenols is 1. The number of unbranched alkanes of at least 4 members (excludes halogenated alkanes) is 2. The molecule has 2 aromatic rings. The number of carboxylic acid groups (broad SMARTS) is 1. The van der Waals surface area contributed by atoms with Crippen molar-refractivity contribution in [1.29, 1.82) is 0 Å². The lowest BCUT2D eigenvalue weighted by Gasteiger charge is -2.28. The quantitative estimate of drug-likeness (QED) is 0.0405. The van der Waals surface area contributed by atoms with Gasteiger partial charge in [-0.2, -0.15) is 0 Å². The molecule has 1 unspecified atom stereocenters. The summed E-state index contributed by atoms with van der Waals surface area (Å²) in [4.78, 5) is 89.2. The molecule has 3 rings (SSSR count). The Kier molecular flexibility index (Phi) is 20.4. The normalized spacial score (nSPS) is 15.2. The zero-order valence-corrected chi connectivity index (χ0v) is 34.9. The van der Waals surface area contributed by atoms with Crippen molar-refractivity contribution in [3.8, 4) is 23.0 Å². The summed E-state index contributed by atoms with van der Waals surface area (Å²) in [7, 11) is 2.84. The summed E-state index contributed by atoms with van der Waals surface area (Å²) < 4.78 is 16.1. The fourth-order valence-corrected chi connectivity index (χ4v) is 6.35. The molecule has 1 saturated heterocycles. The summed E-state index contributed by atoms with van der Waals surface area (Å²) in [6.45, 7) is 2.17. The van der Waals surface area contributed by atoms with Gasteiger partial charge in [0.25, 0.3) is 5.91 Å². The Morgan fingerprint density at radius 3 is 2.15 bits per heavy atom. The summed E-state index contributed by atoms with van der Waals surface area (Å²) in [5.41, 5.74) is 12.9. The van der Waals surface area contributed by atoms with E-state index in [1.54, 1.807) is 30.3 Å². The van der Waals surface area contributed by atoms with E-state index in [-0.39, 0.29) is 36.9 Å². The summed E-state index contributed by atoms with van der Waals surface area (Å²) in [5, 5.41) is 26.9. The molecule has 18 heteroatoms. The molecule has 332 valence electrons. The van der Waals surface area contributed by atoms with Crippen LogP contribution >= 0.6 is 0 Å². The maximum atomic E-state index is 13.2. The molecule has 18 nitrogen and oxygen atoms in total. The van der Waals surface area contributed by atoms with Crippen LogP contribution in [0.5, 0.6) is 23.0 Å². The first kappa shape index (κ1) is 49.1. The maximum Gasteiger partial charge on any atom is 0.326 e. The minimum absolute atomic E-state index is 0.0311. The molecule has 61 heavy (non-hydrogen) atoms. The van der Waals surface area contributed by atoms with Gasteiger partial charge in [0.15, 0.2) is 41.2 Å². The second-order valence-electron chi connectivity index (χ2n) is 14.5. The molecule has 1 aliphatic heterocycles. The smallest absolute Gasteiger partial charge is 0.326 e. The highest BCUT2D eigenvalue weighted by molar-refractivity contribution is 6.11. The Bertz CT molecular complexity index is 1920. The number of benzene rings is 2. The van der Waals surface area contributed by atoms with Crippen LogP contribution in [0.2, 0.25) is 0 Å². The van der Waals surface area contributed by atoms with Crippen molar-refractivity contribution in [2.24, 2.45) is 11.5 Å². The number of hydrogen-bond donors (Lipinski definition) is 7. The Balaban J connectivity index is 1.37. The van der Waals surface area contributed by atoms with Gasteiger partial charge in [0, 0.05) is 13.1 Å². The van der Waals surface area contributed by atoms with Crippen LogP contribution in [-0.4, -0.2) is 121 Å². The Labute approximate surface area is 355 Å². The van der Waals surface area contributed by atoms with E-state index in [0.29, 0.717) is 87.2 Å². The second kappa shape index (κ2) is 25.4. The number of allylic oxidation sites excluding steroid dienone is 2. The lowest BCUT2D eigenvalue weighted by atomic mass is 10.1. The number of carbonyl (C=O) groups is 7. The average molecular weight is 851 g/mol. The number of nitrogens with zero attached hydrogens (tertiary/aromatic N) is 1. The van der Waals surface area contributed by atoms with Crippen LogP contribution in [0.15, 0.2) is 48.6 Å². The molecule has 0 aliphatic carbocycles. The summed E-state index contributed by atoms with van der Waals surface area (Å²) in [6.07, 6.45) is 8.91. The van der Waals surface area contributed by atoms with Crippen LogP contribution in [0.4, 0.5) is 0 Å². The molecule has 0 spiro atoms. The summed E-state index contributed by atoms with van der Waals surface area (Å²) in [5.74, 6) is -3.12. The summed E-state index contributed by atoms with van der Waals surface area (Å²) in [6, 6.07) is 5.62. The number of aromatic hydroxyl groups is 1. The molecule has 0 aromatic heterocycles. The van der Waals surface area contributed by atoms with Crippen LogP contribution in [-0.2, 0) is 33.6 Å². The molecule has 0 bridgehead atoms. The first-order valence-electron chi connectivity index (χ1n) is 20.1. The van der Waals surface area contributed by atoms with Gasteiger partial charge in [-0.05, 0) is 112 Å². The molecule has 1 fully saturated rings. The molecular formula is C43H58N6O12. The molecule has 1 aliphatic rings. The molecule has 4 amide bonds. The second-order valence-corrected chi connectivity index (χ2v) is 14.5. The monoisotopic (exact) mass is 850 g/mol. The number of likely N-dealkylation sites (tertiary alicyclic amines) is 1. The van der Waals surface area contributed by atoms with Gasteiger partial charge in [0.05, 0.1) is 26.7 Å². The van der Waals surface area contributed by atoms with Crippen LogP contribution in [0.25, 0.3) is 12.2 Å². The van der Waals surface area contributed by atoms with E-state index < -0.39 is 59.4 Å². The van der Waals surface area contributed by atoms with Crippen molar-refractivity contribution in [3.63, 3.8) is 0 Å². The number of methoxy groups -OCH3 is 2. The van der Waals surface area contributed by atoms with E-state index in [1.165, 1.54) is 56.4 Å². The lowest BCUT2D eigenvalue weighted by Crippen LogP contribution is -2.55. The Hall–Kier alpha value is -6.27. The topological polar surface area (TPSA) is 279 Å². The minimum Gasteiger partial charge on any atom is -0.504 e. The van der Waals surface area contributed by atoms with Crippen molar-refractivity contribution in [3.05, 3.63) is 59.7 Å². The zero-order chi connectivity index (χ0) is 44.9. The highest BCUT2D eigenvalue weighted by Gasteiger charge is 2.37. The average Bonchev–Trinajstić information content (AvgIpc) is 3.74. The standard InChI is InChI=1S/C43H58N6O12/c1-27(40(54)48-33(43(57)58)10-4-6-20-44)47-41(55)34-11-8-22-49(34)42(56)32(45)9-5-7-21-46-39(53)26-61-36-19-15-29(24-38(36)60-3)13-17-31(51)25-30(50)16-12-28-14-18-35(52)37(23-28)59-2/h12-19,23-24,27,32-34,52H,4-11,20-22,25-26,44-45H2,1-3H3,(H,46,53)(H,47,55)(H,48,54)(H,57,58)/b16-12+,17-13+/t27-,32-,33-,34?/m0/s1. The van der Waals surface area contributed by atoms with Crippen molar-refractivity contribution >= 4 is 53.3 Å². The number of nitrogens with two attached hydrogens (primary N) is 2. The molecule has 0 radical (unpaired) electrons. The Morgan fingerprint density at radius 2 is 1.51 bits per heavy atom. The van der Waals surface area contributed by atoms with E-state index in [1.807, 2.05) is 0 Å². The third-order valence-corrected chi connectivity index (χ3v) is 9.76. The fourth-order valence-electron chi connectivity index (χ4n) is 6.35. The molecule has 2 aromatic carbocycles. The maximum absolute atomic E-state index is 13.2. The Morgan fingerprint density at radius 1 is 0.869 bits per heavy atom. The van der Waals surface area contributed by atoms with Gasteiger partial charge in [0.2, 0.25) is 17.7 Å². The van der Waals surface area contributed by atoms with E-state index in [0.717, 1.165) is 0 Å². The number of amides is 4. The van der Waals surface area contributed by atoms with Crippen LogP contribution < -0.4 is 41.6 Å². The van der Waals surface area contributed by atoms with Crippen molar-refractivity contribution in [2.45, 2.75) is 88.9 Å². The van der Waals surface area contributed by atoms with Gasteiger partial charge in [-0.1, -0.05) is 24.3 Å². The number of aliphatic carboxylic acids is 1. The summed E-state index contributed by atoms with van der Waals surface area (Å²) >= 11 is 0. The number of hydrogen-bond acceptors (Lipinski definition) is 13. The number of carbonyl (C=O) groups excluding carboxylic acids is 6. The highest BCUT2D eigenvalue weighted by Crippen LogP contribution is 2.29. The fraction of sp³-hybridized carbons (Fsp3) is 0.465. The third-order valence-electron chi connectivity index (χ3n) is 9.76.